The van der Waals surface area contributed by atoms with Gasteiger partial charge in [0.15, 0.2) is 5.76 Å². The van der Waals surface area contributed by atoms with Crippen molar-refractivity contribution in [2.45, 2.75) is 38.3 Å². The zero-order valence-corrected chi connectivity index (χ0v) is 20.7. The quantitative estimate of drug-likeness (QED) is 0.462. The van der Waals surface area contributed by atoms with Crippen LogP contribution in [0.4, 0.5) is 0 Å². The molecule has 1 fully saturated rings. The van der Waals surface area contributed by atoms with Gasteiger partial charge in [-0.15, -0.1) is 11.3 Å². The third-order valence-electron chi connectivity index (χ3n) is 6.70. The minimum absolute atomic E-state index is 0.0280. The van der Waals surface area contributed by atoms with Crippen LogP contribution in [-0.4, -0.2) is 60.6 Å². The van der Waals surface area contributed by atoms with E-state index in [1.165, 1.54) is 11.1 Å². The topological polar surface area (TPSA) is 72.2 Å². The van der Waals surface area contributed by atoms with Crippen molar-refractivity contribution in [3.63, 3.8) is 0 Å². The molecule has 0 spiro atoms. The highest BCUT2D eigenvalue weighted by atomic mass is 32.1. The Balaban J connectivity index is 1.34. The lowest BCUT2D eigenvalue weighted by atomic mass is 10.00. The normalized spacial score (nSPS) is 19.4. The predicted molar refractivity (Wildman–Crippen MR) is 133 cm³/mol. The molecule has 0 N–H and O–H groups in total. The number of carbonyl (C=O) groups excluding carboxylic acids is 2. The lowest BCUT2D eigenvalue weighted by Gasteiger charge is -2.37. The van der Waals surface area contributed by atoms with Gasteiger partial charge in [0.05, 0.1) is 18.4 Å². The van der Waals surface area contributed by atoms with Gasteiger partial charge in [0.1, 0.15) is 18.9 Å². The number of furan rings is 1. The van der Waals surface area contributed by atoms with E-state index in [0.717, 1.165) is 36.1 Å². The molecule has 5 rings (SSSR count). The van der Waals surface area contributed by atoms with Crippen molar-refractivity contribution in [2.24, 2.45) is 0 Å². The number of thiophene rings is 1. The van der Waals surface area contributed by atoms with Crippen LogP contribution in [0.3, 0.4) is 0 Å². The second kappa shape index (κ2) is 10.7. The number of nitrogens with zero attached hydrogens (tertiary/aromatic N) is 2. The number of carbonyl (C=O) groups is 2. The fraction of sp³-hybridized carbons (Fsp3) is 0.407. The first-order valence-corrected chi connectivity index (χ1v) is 13.0. The van der Waals surface area contributed by atoms with E-state index in [1.54, 1.807) is 28.4 Å². The summed E-state index contributed by atoms with van der Waals surface area (Å²) in [5.74, 6) is 0.655. The second-order valence-electron chi connectivity index (χ2n) is 9.03. The first kappa shape index (κ1) is 23.6. The molecule has 2 aliphatic heterocycles. The number of aryl methyl sites for hydroxylation is 1. The van der Waals surface area contributed by atoms with Crippen LogP contribution >= 0.6 is 11.3 Å². The van der Waals surface area contributed by atoms with Gasteiger partial charge in [-0.3, -0.25) is 9.59 Å². The molecule has 184 valence electrons. The third-order valence-corrected chi connectivity index (χ3v) is 7.70. The smallest absolute Gasteiger partial charge is 0.290 e. The van der Waals surface area contributed by atoms with Crippen LogP contribution in [0.1, 0.15) is 45.4 Å². The number of rotatable bonds is 8. The molecule has 8 heteroatoms. The van der Waals surface area contributed by atoms with Gasteiger partial charge in [0, 0.05) is 24.6 Å². The molecule has 2 aromatic heterocycles. The summed E-state index contributed by atoms with van der Waals surface area (Å²) in [4.78, 5) is 31.6. The SMILES string of the molecule is Cc1ccccc1OCC1c2ccsc2CCN1C(=O)CN(CC1CCCO1)C(=O)c1ccco1. The van der Waals surface area contributed by atoms with Gasteiger partial charge in [0.2, 0.25) is 5.91 Å². The van der Waals surface area contributed by atoms with Gasteiger partial charge >= 0.3 is 0 Å². The minimum atomic E-state index is -0.292. The standard InChI is InChI=1S/C27H30N2O5S/c1-19-6-2-3-8-23(19)34-18-22-21-11-15-35-25(21)10-12-29(22)26(30)17-28(16-20-7-4-13-32-20)27(31)24-9-5-14-33-24/h2-3,5-6,8-9,11,14-15,20,22H,4,7,10,12-13,16-18H2,1H3. The molecule has 2 amide bonds. The predicted octanol–water partition coefficient (Wildman–Crippen LogP) is 4.48. The van der Waals surface area contributed by atoms with Crippen LogP contribution in [0.5, 0.6) is 5.75 Å². The van der Waals surface area contributed by atoms with Crippen LogP contribution in [0, 0.1) is 6.92 Å². The van der Waals surface area contributed by atoms with Gasteiger partial charge in [-0.25, -0.2) is 0 Å². The van der Waals surface area contributed by atoms with Crippen molar-refractivity contribution in [2.75, 3.05) is 32.8 Å². The maximum Gasteiger partial charge on any atom is 0.290 e. The Kier molecular flexibility index (Phi) is 7.20. The number of amides is 2. The lowest BCUT2D eigenvalue weighted by molar-refractivity contribution is -0.135. The third kappa shape index (κ3) is 5.28. The average Bonchev–Trinajstić information content (AvgIpc) is 3.65. The molecular formula is C27H30N2O5S. The summed E-state index contributed by atoms with van der Waals surface area (Å²) in [6.45, 7) is 3.99. The van der Waals surface area contributed by atoms with Crippen LogP contribution in [0.25, 0.3) is 0 Å². The van der Waals surface area contributed by atoms with Crippen molar-refractivity contribution in [3.05, 3.63) is 75.9 Å². The highest BCUT2D eigenvalue weighted by Gasteiger charge is 2.35. The van der Waals surface area contributed by atoms with Gasteiger partial charge in [-0.1, -0.05) is 18.2 Å². The molecule has 2 aliphatic rings. The van der Waals surface area contributed by atoms with Crippen molar-refractivity contribution in [1.29, 1.82) is 0 Å². The highest BCUT2D eigenvalue weighted by molar-refractivity contribution is 7.10. The summed E-state index contributed by atoms with van der Waals surface area (Å²) >= 11 is 1.72. The Morgan fingerprint density at radius 3 is 2.86 bits per heavy atom. The molecule has 1 saturated heterocycles. The number of benzene rings is 1. The maximum atomic E-state index is 13.7. The van der Waals surface area contributed by atoms with Crippen molar-refractivity contribution in [1.82, 2.24) is 9.80 Å². The molecule has 35 heavy (non-hydrogen) atoms. The summed E-state index contributed by atoms with van der Waals surface area (Å²) in [6, 6.07) is 13.1. The van der Waals surface area contributed by atoms with Crippen LogP contribution in [-0.2, 0) is 16.0 Å². The number of hydrogen-bond acceptors (Lipinski definition) is 6. The zero-order valence-electron chi connectivity index (χ0n) is 19.9. The van der Waals surface area contributed by atoms with E-state index in [0.29, 0.717) is 26.3 Å². The number of fused-ring (bicyclic) bond motifs is 1. The summed E-state index contributed by atoms with van der Waals surface area (Å²) in [7, 11) is 0. The molecule has 4 heterocycles. The van der Waals surface area contributed by atoms with Crippen molar-refractivity contribution < 1.29 is 23.5 Å². The molecule has 2 unspecified atom stereocenters. The summed E-state index contributed by atoms with van der Waals surface area (Å²) in [5.41, 5.74) is 2.18. The summed E-state index contributed by atoms with van der Waals surface area (Å²) in [6.07, 6.45) is 4.06. The summed E-state index contributed by atoms with van der Waals surface area (Å²) < 4.78 is 17.3. The van der Waals surface area contributed by atoms with Gasteiger partial charge < -0.3 is 23.7 Å². The number of ether oxygens (including phenoxy) is 2. The first-order chi connectivity index (χ1) is 17.1. The Hall–Kier alpha value is -3.10. The van der Waals surface area contributed by atoms with Gasteiger partial charge in [-0.05, 0) is 67.0 Å². The fourth-order valence-electron chi connectivity index (χ4n) is 4.83. The van der Waals surface area contributed by atoms with Crippen LogP contribution in [0.2, 0.25) is 0 Å². The Morgan fingerprint density at radius 1 is 1.20 bits per heavy atom. The van der Waals surface area contributed by atoms with E-state index in [9.17, 15) is 9.59 Å². The molecule has 7 nitrogen and oxygen atoms in total. The van der Waals surface area contributed by atoms with Gasteiger partial charge in [0.25, 0.3) is 5.91 Å². The Labute approximate surface area is 209 Å². The largest absolute Gasteiger partial charge is 0.491 e. The van der Waals surface area contributed by atoms with Crippen LogP contribution in [0.15, 0.2) is 58.5 Å². The Morgan fingerprint density at radius 2 is 2.09 bits per heavy atom. The fourth-order valence-corrected chi connectivity index (χ4v) is 5.75. The maximum absolute atomic E-state index is 13.7. The van der Waals surface area contributed by atoms with Crippen LogP contribution < -0.4 is 4.74 Å². The van der Waals surface area contributed by atoms with E-state index in [1.807, 2.05) is 36.1 Å². The average molecular weight is 495 g/mol. The minimum Gasteiger partial charge on any atom is -0.491 e. The molecule has 0 aliphatic carbocycles. The van der Waals surface area contributed by atoms with Crippen molar-refractivity contribution >= 4 is 23.2 Å². The molecule has 0 saturated carbocycles. The number of para-hydroxylation sites is 1. The second-order valence-corrected chi connectivity index (χ2v) is 10.0. The molecule has 0 radical (unpaired) electrons. The van der Waals surface area contributed by atoms with E-state index in [4.69, 9.17) is 13.9 Å². The molecule has 2 atom stereocenters. The molecule has 0 bridgehead atoms. The first-order valence-electron chi connectivity index (χ1n) is 12.1. The Bertz CT molecular complexity index is 1150. The molecule has 3 aromatic rings. The van der Waals surface area contributed by atoms with Crippen molar-refractivity contribution in [3.8, 4) is 5.75 Å². The molecule has 1 aromatic carbocycles. The summed E-state index contributed by atoms with van der Waals surface area (Å²) in [5, 5.41) is 2.07. The zero-order chi connectivity index (χ0) is 24.2. The highest BCUT2D eigenvalue weighted by Crippen LogP contribution is 2.34. The van der Waals surface area contributed by atoms with E-state index in [2.05, 4.69) is 11.4 Å². The van der Waals surface area contributed by atoms with E-state index < -0.39 is 0 Å². The van der Waals surface area contributed by atoms with E-state index in [-0.39, 0.29) is 36.3 Å². The number of hydrogen-bond donors (Lipinski definition) is 0. The van der Waals surface area contributed by atoms with Gasteiger partial charge in [-0.2, -0.15) is 0 Å². The van der Waals surface area contributed by atoms with E-state index >= 15 is 0 Å². The lowest BCUT2D eigenvalue weighted by Crippen LogP contribution is -2.49. The molecular weight excluding hydrogens is 464 g/mol. The monoisotopic (exact) mass is 494 g/mol.